The molecular formula is C14H13BrN2O2. The highest BCUT2D eigenvalue weighted by molar-refractivity contribution is 9.11. The van der Waals surface area contributed by atoms with E-state index < -0.39 is 0 Å². The van der Waals surface area contributed by atoms with Gasteiger partial charge in [0.05, 0.1) is 4.61 Å². The average molecular weight is 321 g/mol. The molecule has 98 valence electrons. The Balaban J connectivity index is 2.59. The molecule has 1 aliphatic heterocycles. The van der Waals surface area contributed by atoms with Gasteiger partial charge < -0.3 is 5.32 Å². The molecule has 2 amide bonds. The van der Waals surface area contributed by atoms with Crippen molar-refractivity contribution in [2.24, 2.45) is 0 Å². The van der Waals surface area contributed by atoms with Crippen molar-refractivity contribution in [1.29, 1.82) is 0 Å². The molecule has 0 aliphatic carbocycles. The van der Waals surface area contributed by atoms with E-state index in [-0.39, 0.29) is 11.8 Å². The Morgan fingerprint density at radius 2 is 1.68 bits per heavy atom. The summed E-state index contributed by atoms with van der Waals surface area (Å²) >= 11 is 3.38. The maximum Gasteiger partial charge on any atom is 0.229 e. The number of halogens is 1. The molecular weight excluding hydrogens is 308 g/mol. The molecule has 0 radical (unpaired) electrons. The zero-order valence-corrected chi connectivity index (χ0v) is 12.2. The molecule has 0 unspecified atom stereocenters. The number of amides is 2. The third kappa shape index (κ3) is 2.93. The molecule has 0 atom stereocenters. The summed E-state index contributed by atoms with van der Waals surface area (Å²) in [4.78, 5) is 24.5. The zero-order chi connectivity index (χ0) is 14.0. The largest absolute Gasteiger partial charge is 0.312 e. The highest BCUT2D eigenvalue weighted by atomic mass is 79.9. The van der Waals surface area contributed by atoms with E-state index in [2.05, 4.69) is 21.2 Å². The lowest BCUT2D eigenvalue weighted by molar-refractivity contribution is -0.125. The summed E-state index contributed by atoms with van der Waals surface area (Å²) in [6, 6.07) is 7.70. The first-order valence-electron chi connectivity index (χ1n) is 5.75. The first-order chi connectivity index (χ1) is 8.99. The normalized spacial score (nSPS) is 13.9. The van der Waals surface area contributed by atoms with Crippen LogP contribution in [-0.4, -0.2) is 16.7 Å². The lowest BCUT2D eigenvalue weighted by Crippen LogP contribution is -2.34. The van der Waals surface area contributed by atoms with Crippen LogP contribution in [0.1, 0.15) is 25.0 Å². The monoisotopic (exact) mass is 320 g/mol. The first kappa shape index (κ1) is 13.5. The second-order valence-corrected chi connectivity index (χ2v) is 4.97. The lowest BCUT2D eigenvalue weighted by Gasteiger charge is -2.22. The third-order valence-electron chi connectivity index (χ3n) is 2.64. The van der Waals surface area contributed by atoms with Gasteiger partial charge in [0.15, 0.2) is 0 Å². The van der Waals surface area contributed by atoms with Crippen LogP contribution < -0.4 is 5.32 Å². The summed E-state index contributed by atoms with van der Waals surface area (Å²) in [6.07, 6.45) is 3.63. The summed E-state index contributed by atoms with van der Waals surface area (Å²) in [5.41, 5.74) is 1.91. The minimum atomic E-state index is -0.225. The van der Waals surface area contributed by atoms with Gasteiger partial charge in [0.2, 0.25) is 11.8 Å². The molecule has 0 aromatic heterocycles. The molecule has 4 nitrogen and oxygen atoms in total. The van der Waals surface area contributed by atoms with E-state index in [1.807, 2.05) is 30.3 Å². The number of rotatable bonds is 1. The number of carbonyl (C=O) groups excluding carboxylic acids is 2. The second-order valence-electron chi connectivity index (χ2n) is 4.16. The summed E-state index contributed by atoms with van der Waals surface area (Å²) in [6.45, 7) is 2.86. The molecule has 0 saturated heterocycles. The van der Waals surface area contributed by atoms with E-state index in [1.54, 1.807) is 6.08 Å². The van der Waals surface area contributed by atoms with Crippen molar-refractivity contribution in [1.82, 2.24) is 10.2 Å². The second kappa shape index (κ2) is 5.40. The van der Waals surface area contributed by atoms with E-state index in [0.717, 1.165) is 11.1 Å². The van der Waals surface area contributed by atoms with Gasteiger partial charge in [-0.2, -0.15) is 0 Å². The minimum absolute atomic E-state index is 0.184. The number of nitrogens with one attached hydrogen (secondary N) is 1. The smallest absolute Gasteiger partial charge is 0.229 e. The summed E-state index contributed by atoms with van der Waals surface area (Å²) in [7, 11) is 0. The molecule has 1 aliphatic rings. The van der Waals surface area contributed by atoms with Crippen LogP contribution >= 0.6 is 15.9 Å². The van der Waals surface area contributed by atoms with E-state index >= 15 is 0 Å². The van der Waals surface area contributed by atoms with Gasteiger partial charge in [-0.25, -0.2) is 0 Å². The van der Waals surface area contributed by atoms with Gasteiger partial charge in [0.25, 0.3) is 0 Å². The fourth-order valence-electron chi connectivity index (χ4n) is 1.89. The molecule has 0 spiro atoms. The van der Waals surface area contributed by atoms with Crippen LogP contribution in [-0.2, 0) is 9.59 Å². The summed E-state index contributed by atoms with van der Waals surface area (Å²) in [5, 5.41) is 2.68. The molecule has 0 fully saturated rings. The van der Waals surface area contributed by atoms with Crippen LogP contribution in [0.3, 0.4) is 0 Å². The Bertz CT molecular complexity index is 605. The summed E-state index contributed by atoms with van der Waals surface area (Å²) in [5.74, 6) is 0.0289. The number of hydrogen-bond acceptors (Lipinski definition) is 2. The van der Waals surface area contributed by atoms with Crippen LogP contribution in [0, 0.1) is 0 Å². The van der Waals surface area contributed by atoms with Gasteiger partial charge in [0.1, 0.15) is 5.82 Å². The number of hydrogen-bond donors (Lipinski definition) is 1. The Morgan fingerprint density at radius 3 is 2.21 bits per heavy atom. The lowest BCUT2D eigenvalue weighted by atomic mass is 10.1. The highest BCUT2D eigenvalue weighted by Gasteiger charge is 2.21. The molecule has 1 aromatic rings. The van der Waals surface area contributed by atoms with E-state index in [9.17, 15) is 9.59 Å². The van der Waals surface area contributed by atoms with Gasteiger partial charge >= 0.3 is 0 Å². The predicted octanol–water partition coefficient (Wildman–Crippen LogP) is 2.68. The SMILES string of the molecule is CC(=O)NC1=Cc2ccccc2C=C(Br)N1C(C)=O. The van der Waals surface area contributed by atoms with Crippen LogP contribution in [0.4, 0.5) is 0 Å². The van der Waals surface area contributed by atoms with Crippen LogP contribution in [0.2, 0.25) is 0 Å². The zero-order valence-electron chi connectivity index (χ0n) is 10.6. The van der Waals surface area contributed by atoms with E-state index in [1.165, 1.54) is 18.7 Å². The van der Waals surface area contributed by atoms with Crippen LogP contribution in [0.25, 0.3) is 12.2 Å². The average Bonchev–Trinajstić information content (AvgIpc) is 2.43. The van der Waals surface area contributed by atoms with Crippen molar-refractivity contribution in [3.63, 3.8) is 0 Å². The topological polar surface area (TPSA) is 49.4 Å². The number of benzene rings is 1. The molecule has 1 heterocycles. The van der Waals surface area contributed by atoms with Gasteiger partial charge in [-0.05, 0) is 39.2 Å². The Labute approximate surface area is 119 Å². The molecule has 1 aromatic carbocycles. The fraction of sp³-hybridized carbons (Fsp3) is 0.143. The first-order valence-corrected chi connectivity index (χ1v) is 6.54. The Kier molecular flexibility index (Phi) is 3.85. The van der Waals surface area contributed by atoms with Gasteiger partial charge in [-0.3, -0.25) is 14.5 Å². The molecule has 19 heavy (non-hydrogen) atoms. The van der Waals surface area contributed by atoms with Gasteiger partial charge in [-0.1, -0.05) is 24.3 Å². The maximum absolute atomic E-state index is 11.8. The van der Waals surface area contributed by atoms with Crippen molar-refractivity contribution in [2.45, 2.75) is 13.8 Å². The predicted molar refractivity (Wildman–Crippen MR) is 77.7 cm³/mol. The van der Waals surface area contributed by atoms with E-state index in [0.29, 0.717) is 10.4 Å². The van der Waals surface area contributed by atoms with Gasteiger partial charge in [0, 0.05) is 13.8 Å². The molecule has 2 rings (SSSR count). The van der Waals surface area contributed by atoms with Crippen molar-refractivity contribution in [2.75, 3.05) is 0 Å². The Hall–Kier alpha value is -1.88. The van der Waals surface area contributed by atoms with Crippen molar-refractivity contribution >= 4 is 39.9 Å². The molecule has 5 heteroatoms. The third-order valence-corrected chi connectivity index (χ3v) is 3.22. The van der Waals surface area contributed by atoms with Crippen molar-refractivity contribution in [3.8, 4) is 0 Å². The van der Waals surface area contributed by atoms with Gasteiger partial charge in [-0.15, -0.1) is 0 Å². The standard InChI is InChI=1S/C14H13BrN2O2/c1-9(18)16-14-8-12-6-4-3-5-11(12)7-13(15)17(14)10(2)19/h3-8H,1-2H3,(H,16,18). The highest BCUT2D eigenvalue weighted by Crippen LogP contribution is 2.28. The van der Waals surface area contributed by atoms with Crippen LogP contribution in [0.15, 0.2) is 34.7 Å². The maximum atomic E-state index is 11.8. The van der Waals surface area contributed by atoms with E-state index in [4.69, 9.17) is 0 Å². The number of nitrogens with zero attached hydrogens (tertiary/aromatic N) is 1. The van der Waals surface area contributed by atoms with Crippen LogP contribution in [0.5, 0.6) is 0 Å². The molecule has 0 saturated carbocycles. The number of fused-ring (bicyclic) bond motifs is 1. The quantitative estimate of drug-likeness (QED) is 0.809. The molecule has 0 bridgehead atoms. The number of carbonyl (C=O) groups is 2. The Morgan fingerprint density at radius 1 is 1.11 bits per heavy atom. The van der Waals surface area contributed by atoms with Crippen molar-refractivity contribution in [3.05, 3.63) is 45.8 Å². The fourth-order valence-corrected chi connectivity index (χ4v) is 2.57. The molecule has 1 N–H and O–H groups in total. The summed E-state index contributed by atoms with van der Waals surface area (Å²) < 4.78 is 0.588. The minimum Gasteiger partial charge on any atom is -0.312 e. The van der Waals surface area contributed by atoms with Crippen molar-refractivity contribution < 1.29 is 9.59 Å².